The summed E-state index contributed by atoms with van der Waals surface area (Å²) in [7, 11) is 0. The lowest BCUT2D eigenvalue weighted by atomic mass is 9.87. The van der Waals surface area contributed by atoms with Gasteiger partial charge in [0.1, 0.15) is 5.82 Å². The summed E-state index contributed by atoms with van der Waals surface area (Å²) in [4.78, 5) is 26.7. The highest BCUT2D eigenvalue weighted by atomic mass is 35.5. The van der Waals surface area contributed by atoms with Gasteiger partial charge in [0.05, 0.1) is 22.0 Å². The van der Waals surface area contributed by atoms with Crippen molar-refractivity contribution in [2.45, 2.75) is 24.9 Å². The number of nitrogens with one attached hydrogen (secondary N) is 1. The molecule has 37 heavy (non-hydrogen) atoms. The summed E-state index contributed by atoms with van der Waals surface area (Å²) in [5.41, 5.74) is -4.03. The number of fused-ring (bicyclic) bond motifs is 1. The molecule has 0 saturated heterocycles. The molecule has 0 aromatic heterocycles. The highest BCUT2D eigenvalue weighted by Crippen LogP contribution is 2.47. The standard InChI is InChI=1S/C25H17Cl2F5N2O3/c1-24(37)15-9-13(26)3-5-21(15)34(7-6-25(24,31)32)23(36)12-2-4-20(19(30)8-12)33-22(35)14-10-17(28)18(29)11-16(14)27/h2-5,8-11,37H,6-7H2,1H3,(H,33,35)/t24-/m0/s1. The van der Waals surface area contributed by atoms with Gasteiger partial charge in [-0.05, 0) is 55.5 Å². The number of alkyl halides is 2. The van der Waals surface area contributed by atoms with Crippen molar-refractivity contribution in [3.05, 3.63) is 92.7 Å². The van der Waals surface area contributed by atoms with Gasteiger partial charge >= 0.3 is 0 Å². The first kappa shape index (κ1) is 26.8. The van der Waals surface area contributed by atoms with Crippen molar-refractivity contribution >= 4 is 46.4 Å². The van der Waals surface area contributed by atoms with E-state index in [2.05, 4.69) is 5.32 Å². The molecule has 0 fully saturated rings. The number of amides is 2. The van der Waals surface area contributed by atoms with E-state index in [1.54, 1.807) is 0 Å². The van der Waals surface area contributed by atoms with Crippen LogP contribution in [0.25, 0.3) is 0 Å². The average molecular weight is 559 g/mol. The zero-order valence-electron chi connectivity index (χ0n) is 18.9. The molecule has 194 valence electrons. The zero-order valence-corrected chi connectivity index (χ0v) is 20.4. The molecule has 1 aliphatic rings. The Labute approximate surface area is 217 Å². The van der Waals surface area contributed by atoms with Crippen LogP contribution in [0.1, 0.15) is 39.6 Å². The third kappa shape index (κ3) is 4.88. The summed E-state index contributed by atoms with van der Waals surface area (Å²) in [6.07, 6.45) is -0.885. The van der Waals surface area contributed by atoms with Crippen molar-refractivity contribution in [2.24, 2.45) is 0 Å². The van der Waals surface area contributed by atoms with Crippen LogP contribution in [0.2, 0.25) is 10.0 Å². The van der Waals surface area contributed by atoms with Gasteiger partial charge in [-0.2, -0.15) is 0 Å². The van der Waals surface area contributed by atoms with Crippen LogP contribution >= 0.6 is 23.2 Å². The molecule has 0 unspecified atom stereocenters. The van der Waals surface area contributed by atoms with Gasteiger partial charge in [-0.3, -0.25) is 9.59 Å². The number of carbonyl (C=O) groups is 2. The summed E-state index contributed by atoms with van der Waals surface area (Å²) in [5, 5.41) is 12.5. The minimum atomic E-state index is -3.61. The first-order valence-electron chi connectivity index (χ1n) is 10.7. The van der Waals surface area contributed by atoms with Gasteiger partial charge in [-0.1, -0.05) is 23.2 Å². The molecule has 3 aromatic rings. The number of halogens is 7. The summed E-state index contributed by atoms with van der Waals surface area (Å²) < 4.78 is 71.1. The van der Waals surface area contributed by atoms with Crippen LogP contribution in [0, 0.1) is 17.5 Å². The summed E-state index contributed by atoms with van der Waals surface area (Å²) in [5.74, 6) is -9.17. The molecule has 2 amide bonds. The molecule has 1 heterocycles. The van der Waals surface area contributed by atoms with Crippen molar-refractivity contribution in [1.29, 1.82) is 0 Å². The van der Waals surface area contributed by atoms with E-state index in [-0.39, 0.29) is 21.8 Å². The Morgan fingerprint density at radius 2 is 1.65 bits per heavy atom. The lowest BCUT2D eigenvalue weighted by Gasteiger charge is -2.32. The Morgan fingerprint density at radius 1 is 0.973 bits per heavy atom. The number of anilines is 2. The first-order valence-corrected chi connectivity index (χ1v) is 11.5. The predicted octanol–water partition coefficient (Wildman–Crippen LogP) is 6.56. The summed E-state index contributed by atoms with van der Waals surface area (Å²) in [6.45, 7) is 0.428. The van der Waals surface area contributed by atoms with Crippen molar-refractivity contribution in [3.8, 4) is 0 Å². The summed E-state index contributed by atoms with van der Waals surface area (Å²) in [6, 6.07) is 7.92. The second-order valence-corrected chi connectivity index (χ2v) is 9.38. The largest absolute Gasteiger partial charge is 0.379 e. The Morgan fingerprint density at radius 3 is 2.32 bits per heavy atom. The summed E-state index contributed by atoms with van der Waals surface area (Å²) >= 11 is 11.7. The fourth-order valence-corrected chi connectivity index (χ4v) is 4.36. The topological polar surface area (TPSA) is 69.6 Å². The van der Waals surface area contributed by atoms with Crippen molar-refractivity contribution in [1.82, 2.24) is 0 Å². The van der Waals surface area contributed by atoms with E-state index < -0.39 is 70.0 Å². The predicted molar refractivity (Wildman–Crippen MR) is 128 cm³/mol. The maximum atomic E-state index is 14.8. The van der Waals surface area contributed by atoms with E-state index >= 15 is 0 Å². The first-order chi connectivity index (χ1) is 17.2. The van der Waals surface area contributed by atoms with Gasteiger partial charge in [0.2, 0.25) is 0 Å². The second kappa shape index (κ2) is 9.59. The highest BCUT2D eigenvalue weighted by Gasteiger charge is 2.53. The average Bonchev–Trinajstić information content (AvgIpc) is 2.89. The molecule has 0 radical (unpaired) electrons. The number of rotatable bonds is 3. The molecule has 2 N–H and O–H groups in total. The number of nitrogens with zero attached hydrogens (tertiary/aromatic N) is 1. The Balaban J connectivity index is 1.64. The van der Waals surface area contributed by atoms with Crippen molar-refractivity contribution in [2.75, 3.05) is 16.8 Å². The SMILES string of the molecule is C[C@]1(O)c2cc(Cl)ccc2N(C(=O)c2ccc(NC(=O)c3cc(F)c(F)cc3Cl)c(F)c2)CCC1(F)F. The normalized spacial score (nSPS) is 18.7. The molecule has 4 rings (SSSR count). The molecule has 12 heteroatoms. The number of hydrogen-bond acceptors (Lipinski definition) is 3. The molecule has 1 atom stereocenters. The number of hydrogen-bond donors (Lipinski definition) is 2. The van der Waals surface area contributed by atoms with E-state index in [1.807, 2.05) is 0 Å². The third-order valence-corrected chi connectivity index (χ3v) is 6.65. The maximum absolute atomic E-state index is 14.8. The van der Waals surface area contributed by atoms with E-state index in [1.165, 1.54) is 12.1 Å². The van der Waals surface area contributed by atoms with Crippen molar-refractivity contribution in [3.63, 3.8) is 0 Å². The monoisotopic (exact) mass is 558 g/mol. The minimum absolute atomic E-state index is 0.0256. The fourth-order valence-electron chi connectivity index (χ4n) is 3.95. The van der Waals surface area contributed by atoms with Crippen LogP contribution in [0.5, 0.6) is 0 Å². The van der Waals surface area contributed by atoms with E-state index in [9.17, 15) is 36.6 Å². The van der Waals surface area contributed by atoms with Gasteiger partial charge in [0, 0.05) is 29.1 Å². The molecule has 0 aliphatic carbocycles. The Hall–Kier alpha value is -3.21. The molecule has 0 spiro atoms. The van der Waals surface area contributed by atoms with E-state index in [0.717, 1.165) is 36.1 Å². The number of benzene rings is 3. The molecular weight excluding hydrogens is 542 g/mol. The van der Waals surface area contributed by atoms with Gasteiger partial charge < -0.3 is 15.3 Å². The van der Waals surface area contributed by atoms with Gasteiger partial charge in [-0.15, -0.1) is 0 Å². The second-order valence-electron chi connectivity index (χ2n) is 8.54. The lowest BCUT2D eigenvalue weighted by molar-refractivity contribution is -0.177. The van der Waals surface area contributed by atoms with E-state index in [4.69, 9.17) is 23.2 Å². The maximum Gasteiger partial charge on any atom is 0.281 e. The lowest BCUT2D eigenvalue weighted by Crippen LogP contribution is -2.42. The molecule has 0 bridgehead atoms. The van der Waals surface area contributed by atoms with E-state index in [0.29, 0.717) is 12.1 Å². The molecule has 0 saturated carbocycles. The van der Waals surface area contributed by atoms with Crippen LogP contribution in [0.4, 0.5) is 33.3 Å². The molecule has 5 nitrogen and oxygen atoms in total. The van der Waals surface area contributed by atoms with Crippen LogP contribution < -0.4 is 10.2 Å². The van der Waals surface area contributed by atoms with Crippen LogP contribution in [-0.2, 0) is 5.60 Å². The van der Waals surface area contributed by atoms with Crippen LogP contribution in [0.15, 0.2) is 48.5 Å². The highest BCUT2D eigenvalue weighted by molar-refractivity contribution is 6.34. The van der Waals surface area contributed by atoms with Crippen molar-refractivity contribution < 1.29 is 36.6 Å². The zero-order chi connectivity index (χ0) is 27.3. The van der Waals surface area contributed by atoms with Gasteiger partial charge in [0.25, 0.3) is 17.7 Å². The minimum Gasteiger partial charge on any atom is -0.379 e. The molecular formula is C25H17Cl2F5N2O3. The van der Waals surface area contributed by atoms with Crippen LogP contribution in [0.3, 0.4) is 0 Å². The third-order valence-electron chi connectivity index (χ3n) is 6.10. The fraction of sp³-hybridized carbons (Fsp3) is 0.200. The molecule has 3 aromatic carbocycles. The smallest absolute Gasteiger partial charge is 0.281 e. The van der Waals surface area contributed by atoms with Gasteiger partial charge in [0.15, 0.2) is 17.2 Å². The van der Waals surface area contributed by atoms with Crippen LogP contribution in [-0.4, -0.2) is 29.4 Å². The number of aliphatic hydroxyl groups is 1. The Kier molecular flexibility index (Phi) is 6.96. The quantitative estimate of drug-likeness (QED) is 0.282. The Bertz CT molecular complexity index is 1430. The molecule has 1 aliphatic heterocycles. The number of carbonyl (C=O) groups excluding carboxylic acids is 2. The van der Waals surface area contributed by atoms with Gasteiger partial charge in [-0.25, -0.2) is 22.0 Å².